The maximum Gasteiger partial charge on any atom is 0.329 e. The molecular weight excluding hydrogens is 320 g/mol. The molecule has 134 valence electrons. The Balaban J connectivity index is 2.01. The Labute approximate surface area is 147 Å². The van der Waals surface area contributed by atoms with Crippen LogP contribution in [-0.4, -0.2) is 48.4 Å². The van der Waals surface area contributed by atoms with Crippen LogP contribution in [0.1, 0.15) is 42.6 Å². The van der Waals surface area contributed by atoms with Crippen molar-refractivity contribution in [3.8, 4) is 0 Å². The van der Waals surface area contributed by atoms with E-state index in [4.69, 9.17) is 4.74 Å². The number of nitrogens with one attached hydrogen (secondary N) is 1. The maximum absolute atomic E-state index is 12.4. The van der Waals surface area contributed by atoms with Crippen molar-refractivity contribution in [3.63, 3.8) is 0 Å². The molecule has 1 atom stereocenters. The van der Waals surface area contributed by atoms with Gasteiger partial charge in [0.25, 0.3) is 5.91 Å². The van der Waals surface area contributed by atoms with Crippen LogP contribution in [0.2, 0.25) is 0 Å². The van der Waals surface area contributed by atoms with Crippen molar-refractivity contribution in [1.29, 1.82) is 0 Å². The molecule has 6 heteroatoms. The van der Waals surface area contributed by atoms with Crippen molar-refractivity contribution < 1.29 is 19.1 Å². The minimum atomic E-state index is -0.504. The number of rotatable bonds is 5. The molecule has 1 aromatic carbocycles. The molecular formula is C19H24N2O4. The van der Waals surface area contributed by atoms with Crippen LogP contribution in [0.4, 0.5) is 0 Å². The number of likely N-dealkylation sites (tertiary alicyclic amines) is 1. The van der Waals surface area contributed by atoms with Crippen molar-refractivity contribution in [1.82, 2.24) is 10.2 Å². The average Bonchev–Trinajstić information content (AvgIpc) is 3.09. The molecule has 2 amide bonds. The third-order valence-corrected chi connectivity index (χ3v) is 3.98. The monoisotopic (exact) mass is 344 g/mol. The molecule has 0 unspecified atom stereocenters. The van der Waals surface area contributed by atoms with Gasteiger partial charge in [0, 0.05) is 25.2 Å². The molecule has 0 spiro atoms. The van der Waals surface area contributed by atoms with E-state index in [2.05, 4.69) is 5.32 Å². The molecule has 25 heavy (non-hydrogen) atoms. The van der Waals surface area contributed by atoms with Crippen LogP contribution in [0.15, 0.2) is 30.3 Å². The predicted molar refractivity (Wildman–Crippen MR) is 94.8 cm³/mol. The highest BCUT2D eigenvalue weighted by atomic mass is 16.5. The third-order valence-electron chi connectivity index (χ3n) is 3.98. The number of benzene rings is 1. The molecule has 1 aromatic rings. The first-order valence-corrected chi connectivity index (χ1v) is 8.43. The largest absolute Gasteiger partial charge is 0.461 e. The number of carbonyl (C=O) groups excluding carboxylic acids is 3. The van der Waals surface area contributed by atoms with E-state index < -0.39 is 6.04 Å². The molecule has 1 saturated heterocycles. The smallest absolute Gasteiger partial charge is 0.329 e. The fourth-order valence-corrected chi connectivity index (χ4v) is 2.74. The summed E-state index contributed by atoms with van der Waals surface area (Å²) in [7, 11) is 1.57. The second kappa shape index (κ2) is 8.46. The Morgan fingerprint density at radius 1 is 1.24 bits per heavy atom. The lowest BCUT2D eigenvalue weighted by Gasteiger charge is -2.22. The Morgan fingerprint density at radius 2 is 1.92 bits per heavy atom. The quantitative estimate of drug-likeness (QED) is 0.655. The van der Waals surface area contributed by atoms with Crippen LogP contribution < -0.4 is 5.32 Å². The minimum absolute atomic E-state index is 0.157. The van der Waals surface area contributed by atoms with Crippen LogP contribution in [0.3, 0.4) is 0 Å². The third kappa shape index (κ3) is 4.92. The summed E-state index contributed by atoms with van der Waals surface area (Å²) in [6.07, 6.45) is 4.36. The summed E-state index contributed by atoms with van der Waals surface area (Å²) < 4.78 is 5.23. The summed E-state index contributed by atoms with van der Waals surface area (Å²) in [5.41, 5.74) is 1.36. The Kier molecular flexibility index (Phi) is 6.33. The summed E-state index contributed by atoms with van der Waals surface area (Å²) in [4.78, 5) is 37.6. The number of hydrogen-bond donors (Lipinski definition) is 1. The van der Waals surface area contributed by atoms with Gasteiger partial charge < -0.3 is 15.0 Å². The summed E-state index contributed by atoms with van der Waals surface area (Å²) in [6.45, 7) is 4.14. The summed E-state index contributed by atoms with van der Waals surface area (Å²) in [5.74, 6) is -0.710. The van der Waals surface area contributed by atoms with Crippen LogP contribution in [0.25, 0.3) is 6.08 Å². The molecule has 1 fully saturated rings. The number of carbonyl (C=O) groups is 3. The standard InChI is InChI=1S/C19H24N2O4/c1-13(2)25-19(24)16-5-4-12-21(16)17(22)11-8-14-6-9-15(10-7-14)18(23)20-3/h6-11,13,16H,4-5,12H2,1-3H3,(H,20,23)/t16-/m0/s1. The van der Waals surface area contributed by atoms with Crippen molar-refractivity contribution in [2.75, 3.05) is 13.6 Å². The van der Waals surface area contributed by atoms with E-state index >= 15 is 0 Å². The highest BCUT2D eigenvalue weighted by Gasteiger charge is 2.34. The Bertz CT molecular complexity index is 665. The Hall–Kier alpha value is -2.63. The predicted octanol–water partition coefficient (Wildman–Crippen LogP) is 2.00. The lowest BCUT2D eigenvalue weighted by atomic mass is 10.1. The molecule has 1 N–H and O–H groups in total. The van der Waals surface area contributed by atoms with E-state index in [9.17, 15) is 14.4 Å². The number of hydrogen-bond acceptors (Lipinski definition) is 4. The van der Waals surface area contributed by atoms with Gasteiger partial charge in [0.2, 0.25) is 5.91 Å². The van der Waals surface area contributed by atoms with Crippen LogP contribution in [0.5, 0.6) is 0 Å². The van der Waals surface area contributed by atoms with Crippen molar-refractivity contribution in [2.24, 2.45) is 0 Å². The summed E-state index contributed by atoms with van der Waals surface area (Å²) in [6, 6.07) is 6.42. The molecule has 0 bridgehead atoms. The number of amides is 2. The molecule has 0 saturated carbocycles. The summed E-state index contributed by atoms with van der Waals surface area (Å²) in [5, 5.41) is 2.56. The van der Waals surface area contributed by atoms with Crippen molar-refractivity contribution >= 4 is 23.9 Å². The van der Waals surface area contributed by atoms with Gasteiger partial charge >= 0.3 is 5.97 Å². The van der Waals surface area contributed by atoms with Crippen LogP contribution >= 0.6 is 0 Å². The van der Waals surface area contributed by atoms with Gasteiger partial charge in [0.1, 0.15) is 6.04 Å². The van der Waals surface area contributed by atoms with Gasteiger partial charge in [0.15, 0.2) is 0 Å². The fraction of sp³-hybridized carbons (Fsp3) is 0.421. The fourth-order valence-electron chi connectivity index (χ4n) is 2.74. The SMILES string of the molecule is CNC(=O)c1ccc(C=CC(=O)N2CCC[C@H]2C(=O)OC(C)C)cc1. The number of nitrogens with zero attached hydrogens (tertiary/aromatic N) is 1. The highest BCUT2D eigenvalue weighted by molar-refractivity contribution is 5.96. The van der Waals surface area contributed by atoms with E-state index in [0.29, 0.717) is 18.5 Å². The zero-order chi connectivity index (χ0) is 18.4. The van der Waals surface area contributed by atoms with E-state index in [1.54, 1.807) is 56.1 Å². The molecule has 6 nitrogen and oxygen atoms in total. The first kappa shape index (κ1) is 18.7. The first-order chi connectivity index (χ1) is 11.9. The second-order valence-electron chi connectivity index (χ2n) is 6.21. The van der Waals surface area contributed by atoms with Crippen LogP contribution in [-0.2, 0) is 14.3 Å². The Morgan fingerprint density at radius 3 is 2.52 bits per heavy atom. The molecule has 2 rings (SSSR count). The number of esters is 1. The first-order valence-electron chi connectivity index (χ1n) is 8.43. The normalized spacial score (nSPS) is 17.1. The van der Waals surface area contributed by atoms with E-state index in [1.807, 2.05) is 0 Å². The molecule has 0 radical (unpaired) electrons. The van der Waals surface area contributed by atoms with E-state index in [0.717, 1.165) is 12.0 Å². The van der Waals surface area contributed by atoms with Gasteiger partial charge in [-0.25, -0.2) is 4.79 Å². The lowest BCUT2D eigenvalue weighted by Crippen LogP contribution is -2.41. The maximum atomic E-state index is 12.4. The van der Waals surface area contributed by atoms with Gasteiger partial charge in [0.05, 0.1) is 6.10 Å². The van der Waals surface area contributed by atoms with E-state index in [1.165, 1.54) is 6.08 Å². The van der Waals surface area contributed by atoms with Gasteiger partial charge in [-0.15, -0.1) is 0 Å². The van der Waals surface area contributed by atoms with Crippen LogP contribution in [0, 0.1) is 0 Å². The summed E-state index contributed by atoms with van der Waals surface area (Å²) >= 11 is 0. The average molecular weight is 344 g/mol. The molecule has 1 heterocycles. The van der Waals surface area contributed by atoms with Gasteiger partial charge in [-0.05, 0) is 50.5 Å². The molecule has 0 aromatic heterocycles. The molecule has 1 aliphatic rings. The zero-order valence-electron chi connectivity index (χ0n) is 14.8. The second-order valence-corrected chi connectivity index (χ2v) is 6.21. The zero-order valence-corrected chi connectivity index (χ0v) is 14.8. The van der Waals surface area contributed by atoms with E-state index in [-0.39, 0.29) is 23.9 Å². The molecule has 1 aliphatic heterocycles. The topological polar surface area (TPSA) is 75.7 Å². The van der Waals surface area contributed by atoms with Gasteiger partial charge in [-0.3, -0.25) is 9.59 Å². The van der Waals surface area contributed by atoms with Gasteiger partial charge in [-0.2, -0.15) is 0 Å². The highest BCUT2D eigenvalue weighted by Crippen LogP contribution is 2.20. The minimum Gasteiger partial charge on any atom is -0.461 e. The number of ether oxygens (including phenoxy) is 1. The molecule has 0 aliphatic carbocycles. The van der Waals surface area contributed by atoms with Crippen molar-refractivity contribution in [3.05, 3.63) is 41.5 Å². The lowest BCUT2D eigenvalue weighted by molar-refractivity contribution is -0.155. The van der Waals surface area contributed by atoms with Crippen molar-refractivity contribution in [2.45, 2.75) is 38.8 Å². The van der Waals surface area contributed by atoms with Gasteiger partial charge in [-0.1, -0.05) is 12.1 Å².